The van der Waals surface area contributed by atoms with Gasteiger partial charge in [-0.05, 0) is 52.9 Å². The number of hydrogen-bond acceptors (Lipinski definition) is 9. The Hall–Kier alpha value is -2.27. The van der Waals surface area contributed by atoms with E-state index >= 15 is 0 Å². The van der Waals surface area contributed by atoms with E-state index in [0.717, 1.165) is 83.0 Å². The summed E-state index contributed by atoms with van der Waals surface area (Å²) in [5, 5.41) is 12.1. The van der Waals surface area contributed by atoms with Crippen molar-refractivity contribution in [3.63, 3.8) is 0 Å². The van der Waals surface area contributed by atoms with Gasteiger partial charge in [-0.2, -0.15) is 9.61 Å². The Morgan fingerprint density at radius 3 is 2.48 bits per heavy atom. The summed E-state index contributed by atoms with van der Waals surface area (Å²) in [6.07, 6.45) is 7.52. The molecule has 0 unspecified atom stereocenters. The van der Waals surface area contributed by atoms with E-state index in [-0.39, 0.29) is 12.6 Å². The van der Waals surface area contributed by atoms with Crippen molar-refractivity contribution in [2.75, 3.05) is 64.3 Å². The molecule has 224 valence electrons. The second kappa shape index (κ2) is 14.6. The number of carbonyl (C=O) groups is 1. The molecular weight excluding hydrogens is 506 g/mol. The molecule has 0 bridgehead atoms. The van der Waals surface area contributed by atoms with Crippen LogP contribution in [-0.2, 0) is 14.3 Å². The maximum absolute atomic E-state index is 11.8. The van der Waals surface area contributed by atoms with E-state index in [1.54, 1.807) is 0 Å². The zero-order valence-corrected chi connectivity index (χ0v) is 25.3. The average Bonchev–Trinajstić information content (AvgIpc) is 3.57. The molecule has 2 fully saturated rings. The molecule has 2 aromatic rings. The van der Waals surface area contributed by atoms with Crippen molar-refractivity contribution in [1.29, 1.82) is 0 Å². The predicted molar refractivity (Wildman–Crippen MR) is 159 cm³/mol. The standard InChI is InChI=1S/C30H51N7O3/c1-6-23(7-2)26-21-28(37-27(34-26)10-11-32-37)33-25-9-8-24(20-25)31-12-13-35-14-16-36(17-15-35)18-19-39-22-29(38)40-30(3,4)5/h10-11,21,23-25,31,33H,6-9,12-20,22H2,1-5H3/t24-,25-/m0/s1. The van der Waals surface area contributed by atoms with E-state index in [1.807, 2.05) is 37.5 Å². The molecule has 10 heteroatoms. The topological polar surface area (TPSA) is 96.3 Å². The van der Waals surface area contributed by atoms with Gasteiger partial charge in [-0.1, -0.05) is 13.8 Å². The van der Waals surface area contributed by atoms with Crippen LogP contribution >= 0.6 is 0 Å². The summed E-state index contributed by atoms with van der Waals surface area (Å²) in [4.78, 5) is 21.6. The normalized spacial score (nSPS) is 20.9. The van der Waals surface area contributed by atoms with Crippen LogP contribution in [0.15, 0.2) is 18.3 Å². The van der Waals surface area contributed by atoms with Crippen molar-refractivity contribution in [1.82, 2.24) is 29.7 Å². The molecule has 10 nitrogen and oxygen atoms in total. The highest BCUT2D eigenvalue weighted by molar-refractivity contribution is 5.71. The Morgan fingerprint density at radius 2 is 1.77 bits per heavy atom. The molecule has 0 amide bonds. The monoisotopic (exact) mass is 557 g/mol. The number of aromatic nitrogens is 3. The number of ether oxygens (including phenoxy) is 2. The molecule has 2 N–H and O–H groups in total. The zero-order chi connectivity index (χ0) is 28.5. The van der Waals surface area contributed by atoms with Gasteiger partial charge in [0.1, 0.15) is 18.0 Å². The predicted octanol–water partition coefficient (Wildman–Crippen LogP) is 3.53. The van der Waals surface area contributed by atoms with Gasteiger partial charge >= 0.3 is 5.97 Å². The number of anilines is 1. The van der Waals surface area contributed by atoms with Gasteiger partial charge in [0.15, 0.2) is 5.65 Å². The van der Waals surface area contributed by atoms with Crippen LogP contribution in [0.4, 0.5) is 5.82 Å². The van der Waals surface area contributed by atoms with Crippen LogP contribution in [0.1, 0.15) is 78.3 Å². The van der Waals surface area contributed by atoms with Crippen LogP contribution in [0.5, 0.6) is 0 Å². The minimum atomic E-state index is -0.466. The third-order valence-electron chi connectivity index (χ3n) is 8.09. The quantitative estimate of drug-likeness (QED) is 0.267. The van der Waals surface area contributed by atoms with Crippen molar-refractivity contribution < 1.29 is 14.3 Å². The number of carbonyl (C=O) groups excluding carboxylic acids is 1. The first-order valence-electron chi connectivity index (χ1n) is 15.3. The smallest absolute Gasteiger partial charge is 0.332 e. The molecule has 2 atom stereocenters. The van der Waals surface area contributed by atoms with E-state index in [1.165, 1.54) is 12.1 Å². The van der Waals surface area contributed by atoms with Gasteiger partial charge in [-0.3, -0.25) is 9.80 Å². The molecule has 0 radical (unpaired) electrons. The Balaban J connectivity index is 1.11. The third-order valence-corrected chi connectivity index (χ3v) is 8.09. The fourth-order valence-electron chi connectivity index (χ4n) is 5.84. The summed E-state index contributed by atoms with van der Waals surface area (Å²) in [7, 11) is 0. The van der Waals surface area contributed by atoms with Crippen molar-refractivity contribution in [3.05, 3.63) is 24.0 Å². The van der Waals surface area contributed by atoms with Gasteiger partial charge in [0.05, 0.1) is 12.8 Å². The fourth-order valence-corrected chi connectivity index (χ4v) is 5.84. The minimum absolute atomic E-state index is 0.0236. The molecule has 3 heterocycles. The first-order chi connectivity index (χ1) is 19.2. The lowest BCUT2D eigenvalue weighted by molar-refractivity contribution is -0.160. The number of piperazine rings is 1. The van der Waals surface area contributed by atoms with E-state index < -0.39 is 5.60 Å². The number of nitrogens with zero attached hydrogens (tertiary/aromatic N) is 5. The molecule has 0 spiro atoms. The van der Waals surface area contributed by atoms with Crippen molar-refractivity contribution in [3.8, 4) is 0 Å². The highest BCUT2D eigenvalue weighted by atomic mass is 16.6. The fraction of sp³-hybridized carbons (Fsp3) is 0.767. The zero-order valence-electron chi connectivity index (χ0n) is 25.3. The lowest BCUT2D eigenvalue weighted by Crippen LogP contribution is -2.49. The lowest BCUT2D eigenvalue weighted by atomic mass is 9.99. The highest BCUT2D eigenvalue weighted by Crippen LogP contribution is 2.27. The molecule has 1 aliphatic carbocycles. The molecule has 1 saturated carbocycles. The molecule has 0 aromatic carbocycles. The maximum Gasteiger partial charge on any atom is 0.332 e. The molecule has 2 aromatic heterocycles. The van der Waals surface area contributed by atoms with Crippen molar-refractivity contribution in [2.24, 2.45) is 0 Å². The number of nitrogens with one attached hydrogen (secondary N) is 2. The van der Waals surface area contributed by atoms with E-state index in [4.69, 9.17) is 14.5 Å². The largest absolute Gasteiger partial charge is 0.458 e. The summed E-state index contributed by atoms with van der Waals surface area (Å²) < 4.78 is 12.8. The highest BCUT2D eigenvalue weighted by Gasteiger charge is 2.26. The van der Waals surface area contributed by atoms with Gasteiger partial charge in [0.2, 0.25) is 0 Å². The third kappa shape index (κ3) is 9.12. The molecule has 1 saturated heterocycles. The van der Waals surface area contributed by atoms with Crippen molar-refractivity contribution >= 4 is 17.4 Å². The van der Waals surface area contributed by atoms with Crippen LogP contribution in [0, 0.1) is 0 Å². The number of esters is 1. The summed E-state index contributed by atoms with van der Waals surface area (Å²) in [5.74, 6) is 1.25. The molecular formula is C30H51N7O3. The maximum atomic E-state index is 11.8. The lowest BCUT2D eigenvalue weighted by Gasteiger charge is -2.34. The summed E-state index contributed by atoms with van der Waals surface area (Å²) in [6, 6.07) is 5.21. The van der Waals surface area contributed by atoms with E-state index in [0.29, 0.717) is 24.6 Å². The number of rotatable bonds is 14. The van der Waals surface area contributed by atoms with Gasteiger partial charge in [-0.25, -0.2) is 9.78 Å². The van der Waals surface area contributed by atoms with Crippen LogP contribution in [-0.4, -0.2) is 107 Å². The average molecular weight is 558 g/mol. The Morgan fingerprint density at radius 1 is 1.07 bits per heavy atom. The number of hydrogen-bond donors (Lipinski definition) is 2. The van der Waals surface area contributed by atoms with Crippen LogP contribution < -0.4 is 10.6 Å². The summed E-state index contributed by atoms with van der Waals surface area (Å²) >= 11 is 0. The minimum Gasteiger partial charge on any atom is -0.458 e. The Bertz CT molecular complexity index is 1060. The van der Waals surface area contributed by atoms with Crippen LogP contribution in [0.3, 0.4) is 0 Å². The van der Waals surface area contributed by atoms with Gasteiger partial charge in [0.25, 0.3) is 0 Å². The number of fused-ring (bicyclic) bond motifs is 1. The van der Waals surface area contributed by atoms with Gasteiger partial charge in [-0.15, -0.1) is 0 Å². The van der Waals surface area contributed by atoms with Crippen molar-refractivity contribution in [2.45, 2.75) is 90.3 Å². The van der Waals surface area contributed by atoms with Crippen LogP contribution in [0.25, 0.3) is 5.65 Å². The van der Waals surface area contributed by atoms with E-state index in [2.05, 4.69) is 45.4 Å². The second-order valence-corrected chi connectivity index (χ2v) is 12.3. The molecule has 2 aliphatic rings. The van der Waals surface area contributed by atoms with Gasteiger partial charge in [0, 0.05) is 81.6 Å². The van der Waals surface area contributed by atoms with Crippen LogP contribution in [0.2, 0.25) is 0 Å². The SMILES string of the molecule is CCC(CC)c1cc(N[C@H]2CC[C@H](NCCN3CCN(CCOCC(=O)OC(C)(C)C)CC3)C2)n2nccc2n1. The van der Waals surface area contributed by atoms with E-state index in [9.17, 15) is 4.79 Å². The van der Waals surface area contributed by atoms with Gasteiger partial charge < -0.3 is 20.1 Å². The molecule has 1 aliphatic heterocycles. The summed E-state index contributed by atoms with van der Waals surface area (Å²) in [5.41, 5.74) is 1.63. The second-order valence-electron chi connectivity index (χ2n) is 12.3. The first-order valence-corrected chi connectivity index (χ1v) is 15.3. The first kappa shape index (κ1) is 30.7. The Labute approximate surface area is 240 Å². The Kier molecular flexibility index (Phi) is 11.2. The molecule has 4 rings (SSSR count). The molecule has 40 heavy (non-hydrogen) atoms. The summed E-state index contributed by atoms with van der Waals surface area (Å²) in [6.45, 7) is 17.8.